The molecule has 1 aliphatic heterocycles. The SMILES string of the molecule is CN(C)C1CCN(c2ncccc2/C=C/C(=O)O)CC1. The number of carboxylic acid groups (broad SMARTS) is 1. The van der Waals surface area contributed by atoms with Gasteiger partial charge >= 0.3 is 5.97 Å². The van der Waals surface area contributed by atoms with Gasteiger partial charge in [0.15, 0.2) is 0 Å². The number of nitrogens with zero attached hydrogens (tertiary/aromatic N) is 3. The van der Waals surface area contributed by atoms with Crippen LogP contribution in [0, 0.1) is 0 Å². The third kappa shape index (κ3) is 3.57. The van der Waals surface area contributed by atoms with Crippen LogP contribution in [-0.2, 0) is 4.79 Å². The van der Waals surface area contributed by atoms with E-state index in [9.17, 15) is 4.79 Å². The minimum atomic E-state index is -0.939. The monoisotopic (exact) mass is 275 g/mol. The van der Waals surface area contributed by atoms with E-state index in [2.05, 4.69) is 28.9 Å². The van der Waals surface area contributed by atoms with Crippen LogP contribution < -0.4 is 4.90 Å². The number of anilines is 1. The average molecular weight is 275 g/mol. The molecule has 2 rings (SSSR count). The molecule has 2 heterocycles. The van der Waals surface area contributed by atoms with E-state index >= 15 is 0 Å². The van der Waals surface area contributed by atoms with Gasteiger partial charge in [-0.1, -0.05) is 0 Å². The summed E-state index contributed by atoms with van der Waals surface area (Å²) in [5.41, 5.74) is 0.859. The molecule has 1 aromatic rings. The first kappa shape index (κ1) is 14.5. The van der Waals surface area contributed by atoms with Crippen LogP contribution in [0.15, 0.2) is 24.4 Å². The largest absolute Gasteiger partial charge is 0.478 e. The summed E-state index contributed by atoms with van der Waals surface area (Å²) >= 11 is 0. The Kier molecular flexibility index (Phi) is 4.74. The number of hydrogen-bond donors (Lipinski definition) is 1. The van der Waals surface area contributed by atoms with Gasteiger partial charge in [0.2, 0.25) is 0 Å². The number of rotatable bonds is 4. The molecule has 1 aromatic heterocycles. The predicted octanol–water partition coefficient (Wildman–Crippen LogP) is 1.71. The molecule has 0 aliphatic carbocycles. The lowest BCUT2D eigenvalue weighted by Gasteiger charge is -2.36. The van der Waals surface area contributed by atoms with E-state index < -0.39 is 5.97 Å². The first-order valence-corrected chi connectivity index (χ1v) is 6.85. The standard InChI is InChI=1S/C15H21N3O2/c1-17(2)13-7-10-18(11-8-13)15-12(4-3-9-16-15)5-6-14(19)20/h3-6,9,13H,7-8,10-11H2,1-2H3,(H,19,20)/b6-5+. The van der Waals surface area contributed by atoms with Crippen molar-refractivity contribution in [3.8, 4) is 0 Å². The highest BCUT2D eigenvalue weighted by molar-refractivity contribution is 5.86. The summed E-state index contributed by atoms with van der Waals surface area (Å²) in [6.45, 7) is 1.90. The van der Waals surface area contributed by atoms with Gasteiger partial charge in [0.05, 0.1) is 0 Å². The van der Waals surface area contributed by atoms with Crippen LogP contribution in [0.5, 0.6) is 0 Å². The van der Waals surface area contributed by atoms with Gasteiger partial charge in [-0.3, -0.25) is 0 Å². The Labute approximate surface area is 119 Å². The fourth-order valence-corrected chi connectivity index (χ4v) is 2.56. The minimum Gasteiger partial charge on any atom is -0.478 e. The summed E-state index contributed by atoms with van der Waals surface area (Å²) in [6.07, 6.45) is 6.73. The lowest BCUT2D eigenvalue weighted by molar-refractivity contribution is -0.131. The van der Waals surface area contributed by atoms with E-state index in [4.69, 9.17) is 5.11 Å². The molecular formula is C15H21N3O2. The van der Waals surface area contributed by atoms with Gasteiger partial charge in [0.25, 0.3) is 0 Å². The van der Waals surface area contributed by atoms with Crippen molar-refractivity contribution >= 4 is 17.9 Å². The van der Waals surface area contributed by atoms with Gasteiger partial charge in [-0.2, -0.15) is 0 Å². The molecule has 1 N–H and O–H groups in total. The van der Waals surface area contributed by atoms with Crippen molar-refractivity contribution in [1.29, 1.82) is 0 Å². The van der Waals surface area contributed by atoms with Crippen molar-refractivity contribution in [2.45, 2.75) is 18.9 Å². The van der Waals surface area contributed by atoms with Crippen molar-refractivity contribution in [3.63, 3.8) is 0 Å². The molecule has 5 nitrogen and oxygen atoms in total. The zero-order valence-electron chi connectivity index (χ0n) is 12.0. The molecule has 1 aliphatic rings. The first-order valence-electron chi connectivity index (χ1n) is 6.85. The zero-order chi connectivity index (χ0) is 14.5. The van der Waals surface area contributed by atoms with Gasteiger partial charge in [-0.05, 0) is 45.1 Å². The zero-order valence-corrected chi connectivity index (χ0v) is 12.0. The molecule has 1 saturated heterocycles. The van der Waals surface area contributed by atoms with Crippen molar-refractivity contribution in [3.05, 3.63) is 30.0 Å². The van der Waals surface area contributed by atoms with Crippen molar-refractivity contribution in [2.24, 2.45) is 0 Å². The summed E-state index contributed by atoms with van der Waals surface area (Å²) in [6, 6.07) is 4.35. The molecule has 0 radical (unpaired) electrons. The first-order chi connectivity index (χ1) is 9.58. The number of hydrogen-bond acceptors (Lipinski definition) is 4. The van der Waals surface area contributed by atoms with E-state index in [0.717, 1.165) is 43.4 Å². The second kappa shape index (κ2) is 6.52. The van der Waals surface area contributed by atoms with Crippen molar-refractivity contribution in [2.75, 3.05) is 32.1 Å². The highest BCUT2D eigenvalue weighted by Crippen LogP contribution is 2.23. The fraction of sp³-hybridized carbons (Fsp3) is 0.467. The van der Waals surface area contributed by atoms with Crippen molar-refractivity contribution in [1.82, 2.24) is 9.88 Å². The maximum atomic E-state index is 10.7. The van der Waals surface area contributed by atoms with E-state index in [0.29, 0.717) is 6.04 Å². The maximum absolute atomic E-state index is 10.7. The van der Waals surface area contributed by atoms with Crippen LogP contribution in [0.3, 0.4) is 0 Å². The lowest BCUT2D eigenvalue weighted by atomic mass is 10.0. The Bertz CT molecular complexity index is 492. The van der Waals surface area contributed by atoms with Crippen LogP contribution >= 0.6 is 0 Å². The quantitative estimate of drug-likeness (QED) is 0.848. The van der Waals surface area contributed by atoms with E-state index in [1.165, 1.54) is 0 Å². The molecule has 0 saturated carbocycles. The number of piperidine rings is 1. The molecule has 5 heteroatoms. The Hall–Kier alpha value is -1.88. The Balaban J connectivity index is 2.12. The lowest BCUT2D eigenvalue weighted by Crippen LogP contribution is -2.42. The number of carboxylic acids is 1. The van der Waals surface area contributed by atoms with Gasteiger partial charge in [-0.25, -0.2) is 9.78 Å². The topological polar surface area (TPSA) is 56.7 Å². The van der Waals surface area contributed by atoms with Crippen molar-refractivity contribution < 1.29 is 9.90 Å². The molecule has 108 valence electrons. The third-order valence-corrected chi connectivity index (χ3v) is 3.72. The van der Waals surface area contributed by atoms with E-state index in [-0.39, 0.29) is 0 Å². The Morgan fingerprint density at radius 3 is 2.75 bits per heavy atom. The molecule has 0 spiro atoms. The number of aliphatic carboxylic acids is 1. The maximum Gasteiger partial charge on any atom is 0.328 e. The summed E-state index contributed by atoms with van der Waals surface area (Å²) in [5, 5.41) is 8.75. The molecule has 20 heavy (non-hydrogen) atoms. The summed E-state index contributed by atoms with van der Waals surface area (Å²) in [5.74, 6) is -0.0617. The van der Waals surface area contributed by atoms with Crippen LogP contribution in [-0.4, -0.2) is 54.2 Å². The minimum absolute atomic E-state index is 0.618. The van der Waals surface area contributed by atoms with Gasteiger partial charge in [0, 0.05) is 37.0 Å². The molecule has 0 bridgehead atoms. The summed E-state index contributed by atoms with van der Waals surface area (Å²) < 4.78 is 0. The third-order valence-electron chi connectivity index (χ3n) is 3.72. The Morgan fingerprint density at radius 2 is 2.15 bits per heavy atom. The second-order valence-electron chi connectivity index (χ2n) is 5.27. The highest BCUT2D eigenvalue weighted by Gasteiger charge is 2.22. The molecule has 0 amide bonds. The van der Waals surface area contributed by atoms with Gasteiger partial charge < -0.3 is 14.9 Å². The van der Waals surface area contributed by atoms with E-state index in [1.54, 1.807) is 12.3 Å². The highest BCUT2D eigenvalue weighted by atomic mass is 16.4. The average Bonchev–Trinajstić information content (AvgIpc) is 2.45. The fourth-order valence-electron chi connectivity index (χ4n) is 2.56. The second-order valence-corrected chi connectivity index (χ2v) is 5.27. The summed E-state index contributed by atoms with van der Waals surface area (Å²) in [7, 11) is 4.23. The smallest absolute Gasteiger partial charge is 0.328 e. The van der Waals surface area contributed by atoms with Crippen LogP contribution in [0.4, 0.5) is 5.82 Å². The Morgan fingerprint density at radius 1 is 1.45 bits per heavy atom. The molecule has 1 fully saturated rings. The number of pyridine rings is 1. The van der Waals surface area contributed by atoms with Gasteiger partial charge in [-0.15, -0.1) is 0 Å². The predicted molar refractivity (Wildman–Crippen MR) is 79.8 cm³/mol. The molecule has 0 atom stereocenters. The number of aromatic nitrogens is 1. The van der Waals surface area contributed by atoms with Crippen LogP contribution in [0.2, 0.25) is 0 Å². The number of carbonyl (C=O) groups is 1. The molecular weight excluding hydrogens is 254 g/mol. The molecule has 0 aromatic carbocycles. The van der Waals surface area contributed by atoms with Crippen LogP contribution in [0.25, 0.3) is 6.08 Å². The summed E-state index contributed by atoms with van der Waals surface area (Å²) in [4.78, 5) is 19.6. The van der Waals surface area contributed by atoms with Crippen LogP contribution in [0.1, 0.15) is 18.4 Å². The van der Waals surface area contributed by atoms with Gasteiger partial charge in [0.1, 0.15) is 5.82 Å². The molecule has 0 unspecified atom stereocenters. The van der Waals surface area contributed by atoms with E-state index in [1.807, 2.05) is 12.1 Å². The normalized spacial score (nSPS) is 17.1.